The van der Waals surface area contributed by atoms with E-state index in [1.165, 1.54) is 29.9 Å². The second-order valence-corrected chi connectivity index (χ2v) is 7.67. The number of rotatable bonds is 4. The molecule has 0 amide bonds. The van der Waals surface area contributed by atoms with Crippen LogP contribution in [-0.2, 0) is 11.0 Å². The molecule has 4 aromatic rings. The highest BCUT2D eigenvalue weighted by Gasteiger charge is 2.31. The van der Waals surface area contributed by atoms with Crippen LogP contribution in [0.3, 0.4) is 0 Å². The van der Waals surface area contributed by atoms with Crippen molar-refractivity contribution < 1.29 is 22.7 Å². The molecule has 0 saturated carbocycles. The van der Waals surface area contributed by atoms with Crippen LogP contribution in [0.4, 0.5) is 13.2 Å². The van der Waals surface area contributed by atoms with E-state index in [2.05, 4.69) is 10.1 Å². The van der Waals surface area contributed by atoms with Crippen molar-refractivity contribution in [3.63, 3.8) is 0 Å². The van der Waals surface area contributed by atoms with E-state index >= 15 is 0 Å². The van der Waals surface area contributed by atoms with Gasteiger partial charge in [0.2, 0.25) is 0 Å². The lowest BCUT2D eigenvalue weighted by atomic mass is 10.1. The Morgan fingerprint density at radius 1 is 1.06 bits per heavy atom. The molecule has 0 unspecified atom stereocenters. The van der Waals surface area contributed by atoms with Gasteiger partial charge < -0.3 is 4.74 Å². The molecule has 0 fully saturated rings. The third kappa shape index (κ3) is 4.44. The number of benzene rings is 2. The number of halogens is 4. The molecule has 0 aliphatic rings. The molecule has 34 heavy (non-hydrogen) atoms. The van der Waals surface area contributed by atoms with Crippen LogP contribution in [0.1, 0.15) is 18.2 Å². The number of ether oxygens (including phenoxy) is 1. The van der Waals surface area contributed by atoms with Gasteiger partial charge in [0.05, 0.1) is 28.8 Å². The summed E-state index contributed by atoms with van der Waals surface area (Å²) in [6.07, 6.45) is -3.12. The van der Waals surface area contributed by atoms with Crippen LogP contribution in [0, 0.1) is 6.92 Å². The Labute approximate surface area is 196 Å². The Morgan fingerprint density at radius 3 is 2.41 bits per heavy atom. The second kappa shape index (κ2) is 8.79. The molecular formula is C23H16ClF3N4O3. The second-order valence-electron chi connectivity index (χ2n) is 7.24. The Morgan fingerprint density at radius 2 is 1.76 bits per heavy atom. The van der Waals surface area contributed by atoms with Crippen molar-refractivity contribution in [1.82, 2.24) is 19.3 Å². The van der Waals surface area contributed by atoms with Gasteiger partial charge in [0, 0.05) is 17.6 Å². The fraction of sp³-hybridized carbons (Fsp3) is 0.130. The first kappa shape index (κ1) is 23.2. The minimum Gasteiger partial charge on any atom is -0.402 e. The molecule has 7 nitrogen and oxygen atoms in total. The van der Waals surface area contributed by atoms with Gasteiger partial charge in [0.25, 0.3) is 5.88 Å². The lowest BCUT2D eigenvalue weighted by Gasteiger charge is -2.17. The van der Waals surface area contributed by atoms with E-state index in [4.69, 9.17) is 16.3 Å². The van der Waals surface area contributed by atoms with Crippen molar-refractivity contribution in [2.24, 2.45) is 0 Å². The molecule has 0 aliphatic carbocycles. The van der Waals surface area contributed by atoms with Crippen molar-refractivity contribution in [1.29, 1.82) is 0 Å². The van der Waals surface area contributed by atoms with Gasteiger partial charge in [-0.05, 0) is 55.5 Å². The van der Waals surface area contributed by atoms with E-state index in [0.29, 0.717) is 16.4 Å². The van der Waals surface area contributed by atoms with E-state index in [1.807, 2.05) is 0 Å². The van der Waals surface area contributed by atoms with E-state index in [9.17, 15) is 22.8 Å². The molecule has 2 heterocycles. The lowest BCUT2D eigenvalue weighted by molar-refractivity contribution is -0.137. The van der Waals surface area contributed by atoms with E-state index in [-0.39, 0.29) is 17.1 Å². The quantitative estimate of drug-likeness (QED) is 0.378. The SMILES string of the molecule is CC(=O)Oc1nc(-c2ccnn2-c2ccc(Cl)cc2)c(C)n(-c2cccc(C(F)(F)F)c2)c1=O. The van der Waals surface area contributed by atoms with Gasteiger partial charge in [0.15, 0.2) is 0 Å². The standard InChI is InChI=1S/C23H16ClF3N4O3/c1-13-20(19-10-11-28-31(19)17-8-6-16(24)7-9-17)29-21(34-14(2)32)22(33)30(13)18-5-3-4-15(12-18)23(25,26)27/h3-12H,1-2H3. The van der Waals surface area contributed by atoms with Gasteiger partial charge in [-0.15, -0.1) is 0 Å². The highest BCUT2D eigenvalue weighted by atomic mass is 35.5. The molecule has 0 bridgehead atoms. The number of hydrogen-bond donors (Lipinski definition) is 0. The summed E-state index contributed by atoms with van der Waals surface area (Å²) < 4.78 is 47.5. The van der Waals surface area contributed by atoms with Gasteiger partial charge in [-0.1, -0.05) is 17.7 Å². The molecule has 11 heteroatoms. The van der Waals surface area contributed by atoms with E-state index < -0.39 is 29.1 Å². The first-order valence-electron chi connectivity index (χ1n) is 9.86. The summed E-state index contributed by atoms with van der Waals surface area (Å²) in [7, 11) is 0. The van der Waals surface area contributed by atoms with Crippen LogP contribution in [0.5, 0.6) is 5.88 Å². The number of carbonyl (C=O) groups is 1. The molecule has 2 aromatic heterocycles. The number of aromatic nitrogens is 4. The van der Waals surface area contributed by atoms with E-state index in [1.54, 1.807) is 30.3 Å². The summed E-state index contributed by atoms with van der Waals surface area (Å²) >= 11 is 5.97. The molecule has 0 N–H and O–H groups in total. The van der Waals surface area contributed by atoms with Crippen molar-refractivity contribution in [2.45, 2.75) is 20.0 Å². The lowest BCUT2D eigenvalue weighted by Crippen LogP contribution is -2.26. The van der Waals surface area contributed by atoms with Crippen molar-refractivity contribution >= 4 is 17.6 Å². The molecule has 174 valence electrons. The fourth-order valence-electron chi connectivity index (χ4n) is 3.43. The summed E-state index contributed by atoms with van der Waals surface area (Å²) in [6.45, 7) is 2.62. The number of nitrogens with zero attached hydrogens (tertiary/aromatic N) is 4. The van der Waals surface area contributed by atoms with Crippen molar-refractivity contribution in [2.75, 3.05) is 0 Å². The van der Waals surface area contributed by atoms with Crippen LogP contribution in [0.2, 0.25) is 5.02 Å². The fourth-order valence-corrected chi connectivity index (χ4v) is 3.56. The summed E-state index contributed by atoms with van der Waals surface area (Å²) in [5.74, 6) is -1.38. The molecule has 0 atom stereocenters. The summed E-state index contributed by atoms with van der Waals surface area (Å²) in [5, 5.41) is 4.80. The van der Waals surface area contributed by atoms with Crippen LogP contribution in [-0.4, -0.2) is 25.3 Å². The molecule has 4 rings (SSSR count). The zero-order chi connectivity index (χ0) is 24.6. The zero-order valence-corrected chi connectivity index (χ0v) is 18.6. The highest BCUT2D eigenvalue weighted by Crippen LogP contribution is 2.31. The summed E-state index contributed by atoms with van der Waals surface area (Å²) in [4.78, 5) is 28.9. The Hall–Kier alpha value is -3.92. The summed E-state index contributed by atoms with van der Waals surface area (Å²) in [5.41, 5.74) is -0.447. The Kier molecular flexibility index (Phi) is 6.01. The molecule has 0 radical (unpaired) electrons. The first-order valence-corrected chi connectivity index (χ1v) is 10.2. The monoisotopic (exact) mass is 488 g/mol. The van der Waals surface area contributed by atoms with Gasteiger partial charge in [-0.25, -0.2) is 9.67 Å². The Bertz CT molecular complexity index is 1440. The van der Waals surface area contributed by atoms with Crippen LogP contribution in [0.25, 0.3) is 22.8 Å². The largest absolute Gasteiger partial charge is 0.416 e. The molecule has 0 aliphatic heterocycles. The average Bonchev–Trinajstić information content (AvgIpc) is 3.25. The Balaban J connectivity index is 1.98. The molecular weight excluding hydrogens is 473 g/mol. The van der Waals surface area contributed by atoms with Gasteiger partial charge >= 0.3 is 17.7 Å². The smallest absolute Gasteiger partial charge is 0.402 e. The maximum Gasteiger partial charge on any atom is 0.416 e. The third-order valence-corrected chi connectivity index (χ3v) is 5.16. The topological polar surface area (TPSA) is 79.0 Å². The van der Waals surface area contributed by atoms with Gasteiger partial charge in [-0.2, -0.15) is 18.3 Å². The van der Waals surface area contributed by atoms with Crippen LogP contribution in [0.15, 0.2) is 65.6 Å². The predicted octanol–water partition coefficient (Wildman–Crippen LogP) is 4.99. The third-order valence-electron chi connectivity index (χ3n) is 4.91. The molecule has 2 aromatic carbocycles. The number of hydrogen-bond acceptors (Lipinski definition) is 5. The minimum atomic E-state index is -4.62. The van der Waals surface area contributed by atoms with Crippen LogP contribution >= 0.6 is 11.6 Å². The highest BCUT2D eigenvalue weighted by molar-refractivity contribution is 6.30. The number of alkyl halides is 3. The number of carbonyl (C=O) groups excluding carboxylic acids is 1. The normalized spacial score (nSPS) is 11.5. The first-order chi connectivity index (χ1) is 16.1. The predicted molar refractivity (Wildman–Crippen MR) is 118 cm³/mol. The van der Waals surface area contributed by atoms with E-state index in [0.717, 1.165) is 23.6 Å². The summed E-state index contributed by atoms with van der Waals surface area (Å²) in [6, 6.07) is 12.6. The minimum absolute atomic E-state index is 0.0630. The maximum absolute atomic E-state index is 13.3. The van der Waals surface area contributed by atoms with Crippen molar-refractivity contribution in [3.8, 4) is 28.6 Å². The van der Waals surface area contributed by atoms with Gasteiger partial charge in [-0.3, -0.25) is 14.2 Å². The van der Waals surface area contributed by atoms with Gasteiger partial charge in [0.1, 0.15) is 5.69 Å². The zero-order valence-electron chi connectivity index (χ0n) is 17.8. The van der Waals surface area contributed by atoms with Crippen LogP contribution < -0.4 is 10.3 Å². The van der Waals surface area contributed by atoms with Crippen molar-refractivity contribution in [3.05, 3.63) is 87.4 Å². The molecule has 0 spiro atoms. The average molecular weight is 489 g/mol. The maximum atomic E-state index is 13.3. The number of esters is 1. The molecule has 0 saturated heterocycles.